The monoisotopic (exact) mass is 289 g/mol. The van der Waals surface area contributed by atoms with Gasteiger partial charge in [-0.25, -0.2) is 0 Å². The van der Waals surface area contributed by atoms with E-state index in [0.717, 1.165) is 12.1 Å². The minimum absolute atomic E-state index is 0.134. The Morgan fingerprint density at radius 3 is 2.53 bits per heavy atom. The van der Waals surface area contributed by atoms with Gasteiger partial charge in [-0.3, -0.25) is 0 Å². The van der Waals surface area contributed by atoms with Gasteiger partial charge in [-0.1, -0.05) is 23.9 Å². The molecule has 0 radical (unpaired) electrons. The molecule has 108 valence electrons. The van der Waals surface area contributed by atoms with Crippen molar-refractivity contribution in [1.82, 2.24) is 0 Å². The van der Waals surface area contributed by atoms with Gasteiger partial charge in [-0.05, 0) is 39.3 Å². The van der Waals surface area contributed by atoms with Gasteiger partial charge < -0.3 is 10.1 Å². The quantitative estimate of drug-likeness (QED) is 0.740. The second-order valence-electron chi connectivity index (χ2n) is 5.09. The molecule has 1 N–H and O–H groups in total. The summed E-state index contributed by atoms with van der Waals surface area (Å²) in [5, 5.41) is 3.27. The van der Waals surface area contributed by atoms with Crippen LogP contribution in [-0.2, 0) is 4.74 Å². The fourth-order valence-corrected chi connectivity index (χ4v) is 2.52. The molecule has 1 unspecified atom stereocenters. The first-order chi connectivity index (χ1) is 8.84. The van der Waals surface area contributed by atoms with Gasteiger partial charge in [0.15, 0.2) is 0 Å². The number of nitrogens with one attached hydrogen (secondary N) is 1. The van der Waals surface area contributed by atoms with E-state index in [4.69, 9.17) is 4.74 Å². The maximum atomic E-state index is 12.5. The Labute approximate surface area is 117 Å². The molecule has 0 fully saturated rings. The van der Waals surface area contributed by atoms with Crippen molar-refractivity contribution in [3.63, 3.8) is 0 Å². The summed E-state index contributed by atoms with van der Waals surface area (Å²) in [6.45, 7) is 6.03. The highest BCUT2D eigenvalue weighted by Gasteiger charge is 2.20. The first-order valence-electron chi connectivity index (χ1n) is 6.19. The molecule has 2 nitrogen and oxygen atoms in total. The lowest BCUT2D eigenvalue weighted by atomic mass is 10.00. The molecule has 0 heterocycles. The average molecular weight is 289 g/mol. The lowest BCUT2D eigenvalue weighted by Gasteiger charge is -2.28. The summed E-state index contributed by atoms with van der Waals surface area (Å²) >= 11 is 0.564. The van der Waals surface area contributed by atoms with Crippen molar-refractivity contribution in [2.24, 2.45) is 0 Å². The fraction of sp³-hybridized carbons (Fsp3) is 0.571. The molecule has 0 saturated heterocycles. The van der Waals surface area contributed by atoms with E-state index in [1.54, 1.807) is 19.2 Å². The maximum absolute atomic E-state index is 12.5. The zero-order valence-corrected chi connectivity index (χ0v) is 12.6. The molecule has 1 atom stereocenters. The molecule has 5 heteroatoms. The van der Waals surface area contributed by atoms with E-state index < -0.39 is 5.76 Å². The van der Waals surface area contributed by atoms with Gasteiger partial charge in [0.2, 0.25) is 0 Å². The second kappa shape index (κ2) is 7.10. The minimum Gasteiger partial charge on any atom is -0.382 e. The van der Waals surface area contributed by atoms with Crippen LogP contribution in [0.1, 0.15) is 27.2 Å². The molecule has 0 bridgehead atoms. The Bertz CT molecular complexity index is 399. The Morgan fingerprint density at radius 1 is 1.32 bits per heavy atom. The summed E-state index contributed by atoms with van der Waals surface area (Å²) in [7, 11) is 1.67. The van der Waals surface area contributed by atoms with Gasteiger partial charge in [0, 0.05) is 23.7 Å². The van der Waals surface area contributed by atoms with Gasteiger partial charge in [-0.2, -0.15) is 8.78 Å². The van der Waals surface area contributed by atoms with Crippen LogP contribution in [0.3, 0.4) is 0 Å². The second-order valence-corrected chi connectivity index (χ2v) is 6.12. The van der Waals surface area contributed by atoms with E-state index in [0.29, 0.717) is 16.7 Å². The fourth-order valence-electron chi connectivity index (χ4n) is 1.92. The zero-order valence-electron chi connectivity index (χ0n) is 11.7. The zero-order chi connectivity index (χ0) is 14.5. The third kappa shape index (κ3) is 5.78. The van der Waals surface area contributed by atoms with Crippen LogP contribution in [0.15, 0.2) is 29.2 Å². The standard InChI is InChI=1S/C14H21F2NOS/c1-10(9-14(2,3)18-4)17-11-7-5-6-8-12(11)19-13(15)16/h5-8,10,13,17H,9H2,1-4H3. The van der Waals surface area contributed by atoms with E-state index in [1.807, 2.05) is 32.9 Å². The minimum atomic E-state index is -2.41. The Balaban J connectivity index is 2.71. The van der Waals surface area contributed by atoms with Gasteiger partial charge in [0.05, 0.1) is 5.60 Å². The molecule has 0 saturated carbocycles. The Kier molecular flexibility index (Phi) is 6.07. The van der Waals surface area contributed by atoms with Crippen LogP contribution in [0, 0.1) is 0 Å². The van der Waals surface area contributed by atoms with Crippen LogP contribution < -0.4 is 5.32 Å². The van der Waals surface area contributed by atoms with Crippen molar-refractivity contribution >= 4 is 17.4 Å². The van der Waals surface area contributed by atoms with Crippen molar-refractivity contribution in [1.29, 1.82) is 0 Å². The SMILES string of the molecule is COC(C)(C)CC(C)Nc1ccccc1SC(F)F. The summed E-state index contributed by atoms with van der Waals surface area (Å²) in [6, 6.07) is 7.26. The summed E-state index contributed by atoms with van der Waals surface area (Å²) in [6.07, 6.45) is 0.789. The Morgan fingerprint density at radius 2 is 1.95 bits per heavy atom. The average Bonchev–Trinajstić information content (AvgIpc) is 2.30. The highest BCUT2D eigenvalue weighted by molar-refractivity contribution is 7.99. The van der Waals surface area contributed by atoms with Gasteiger partial charge in [0.1, 0.15) is 0 Å². The molecular formula is C14H21F2NOS. The molecule has 1 aromatic rings. The number of para-hydroxylation sites is 1. The predicted molar refractivity (Wildman–Crippen MR) is 77.1 cm³/mol. The first-order valence-corrected chi connectivity index (χ1v) is 7.07. The molecule has 0 amide bonds. The number of ether oxygens (including phenoxy) is 1. The molecule has 0 aliphatic carbocycles. The smallest absolute Gasteiger partial charge is 0.288 e. The van der Waals surface area contributed by atoms with Crippen LogP contribution in [0.4, 0.5) is 14.5 Å². The van der Waals surface area contributed by atoms with E-state index >= 15 is 0 Å². The number of alkyl halides is 2. The van der Waals surface area contributed by atoms with E-state index in [9.17, 15) is 8.78 Å². The van der Waals surface area contributed by atoms with Gasteiger partial charge in [0.25, 0.3) is 5.76 Å². The molecule has 0 spiro atoms. The van der Waals surface area contributed by atoms with E-state index in [2.05, 4.69) is 5.32 Å². The third-order valence-corrected chi connectivity index (χ3v) is 3.64. The number of methoxy groups -OCH3 is 1. The number of thioether (sulfide) groups is 1. The van der Waals surface area contributed by atoms with Crippen molar-refractivity contribution in [2.45, 2.75) is 49.5 Å². The number of hydrogen-bond donors (Lipinski definition) is 1. The summed E-state index contributed by atoms with van der Waals surface area (Å²) in [4.78, 5) is 0.569. The number of rotatable bonds is 7. The molecule has 0 aromatic heterocycles. The van der Waals surface area contributed by atoms with Crippen LogP contribution in [0.25, 0.3) is 0 Å². The van der Waals surface area contributed by atoms with E-state index in [-0.39, 0.29) is 11.6 Å². The van der Waals surface area contributed by atoms with Crippen LogP contribution >= 0.6 is 11.8 Å². The normalized spacial score (nSPS) is 13.6. The van der Waals surface area contributed by atoms with Gasteiger partial charge in [-0.15, -0.1) is 0 Å². The van der Waals surface area contributed by atoms with Crippen molar-refractivity contribution in [3.05, 3.63) is 24.3 Å². The number of benzene rings is 1. The van der Waals surface area contributed by atoms with Crippen molar-refractivity contribution in [3.8, 4) is 0 Å². The molecule has 0 aliphatic rings. The first kappa shape index (κ1) is 16.2. The van der Waals surface area contributed by atoms with Crippen molar-refractivity contribution < 1.29 is 13.5 Å². The Hall–Kier alpha value is -0.810. The van der Waals surface area contributed by atoms with Crippen molar-refractivity contribution in [2.75, 3.05) is 12.4 Å². The van der Waals surface area contributed by atoms with Crippen LogP contribution in [0.2, 0.25) is 0 Å². The predicted octanol–water partition coefficient (Wildman–Crippen LogP) is 4.62. The van der Waals surface area contributed by atoms with Gasteiger partial charge >= 0.3 is 0 Å². The third-order valence-electron chi connectivity index (χ3n) is 2.86. The van der Waals surface area contributed by atoms with Crippen LogP contribution in [-0.4, -0.2) is 24.5 Å². The lowest BCUT2D eigenvalue weighted by molar-refractivity contribution is 0.0128. The van der Waals surface area contributed by atoms with Crippen LogP contribution in [0.5, 0.6) is 0 Å². The molecule has 19 heavy (non-hydrogen) atoms. The lowest BCUT2D eigenvalue weighted by Crippen LogP contribution is -2.31. The molecule has 1 aromatic carbocycles. The number of hydrogen-bond acceptors (Lipinski definition) is 3. The maximum Gasteiger partial charge on any atom is 0.288 e. The number of anilines is 1. The summed E-state index contributed by atoms with van der Waals surface area (Å²) in [5.41, 5.74) is 0.504. The highest BCUT2D eigenvalue weighted by atomic mass is 32.2. The van der Waals surface area contributed by atoms with E-state index in [1.165, 1.54) is 0 Å². The largest absolute Gasteiger partial charge is 0.382 e. The number of halogens is 2. The molecular weight excluding hydrogens is 268 g/mol. The molecule has 1 rings (SSSR count). The molecule has 0 aliphatic heterocycles. The highest BCUT2D eigenvalue weighted by Crippen LogP contribution is 2.32. The summed E-state index contributed by atoms with van der Waals surface area (Å²) in [5.74, 6) is -2.41. The summed E-state index contributed by atoms with van der Waals surface area (Å²) < 4.78 is 30.3. The topological polar surface area (TPSA) is 21.3 Å².